The van der Waals surface area contributed by atoms with Crippen LogP contribution in [0.2, 0.25) is 0 Å². The summed E-state index contributed by atoms with van der Waals surface area (Å²) in [6.45, 7) is 17.2. The second-order valence-corrected chi connectivity index (χ2v) is 4.98. The van der Waals surface area contributed by atoms with Crippen LogP contribution in [0.5, 0.6) is 0 Å². The second kappa shape index (κ2) is 9.00. The van der Waals surface area contributed by atoms with Crippen molar-refractivity contribution >= 4 is 5.57 Å². The van der Waals surface area contributed by atoms with Gasteiger partial charge in [-0.15, -0.1) is 0 Å². The van der Waals surface area contributed by atoms with E-state index >= 15 is 0 Å². The number of fused-ring (bicyclic) bond motifs is 1. The summed E-state index contributed by atoms with van der Waals surface area (Å²) in [5, 5.41) is 0. The molecule has 0 radical (unpaired) electrons. The minimum atomic E-state index is 0.329. The van der Waals surface area contributed by atoms with E-state index in [1.165, 1.54) is 30.4 Å². The maximum absolute atomic E-state index is 2.33. The first-order valence-corrected chi connectivity index (χ1v) is 8.45. The zero-order chi connectivity index (χ0) is 15.8. The highest BCUT2D eigenvalue weighted by atomic mass is 14.4. The SMILES string of the molecule is CC.CC.CCCC1(CC)C(C)=C(C)c2ccccc21. The van der Waals surface area contributed by atoms with Gasteiger partial charge in [-0.2, -0.15) is 0 Å². The molecule has 1 aromatic carbocycles. The Morgan fingerprint density at radius 3 is 1.95 bits per heavy atom. The maximum atomic E-state index is 2.33. The van der Waals surface area contributed by atoms with E-state index in [0.717, 1.165) is 0 Å². The van der Waals surface area contributed by atoms with Gasteiger partial charge in [0, 0.05) is 5.41 Å². The molecule has 0 aliphatic heterocycles. The van der Waals surface area contributed by atoms with Gasteiger partial charge in [-0.3, -0.25) is 0 Å². The van der Waals surface area contributed by atoms with E-state index in [0.29, 0.717) is 5.41 Å². The van der Waals surface area contributed by atoms with Crippen molar-refractivity contribution < 1.29 is 0 Å². The predicted molar refractivity (Wildman–Crippen MR) is 94.3 cm³/mol. The monoisotopic (exact) mass is 274 g/mol. The zero-order valence-corrected chi connectivity index (χ0v) is 14.9. The Balaban J connectivity index is 0.000000829. The molecular formula is C20H34. The molecule has 0 saturated heterocycles. The van der Waals surface area contributed by atoms with Crippen LogP contribution in [0.1, 0.15) is 85.8 Å². The van der Waals surface area contributed by atoms with Gasteiger partial charge in [0.15, 0.2) is 0 Å². The van der Waals surface area contributed by atoms with E-state index in [4.69, 9.17) is 0 Å². The summed E-state index contributed by atoms with van der Waals surface area (Å²) in [5.74, 6) is 0. The molecule has 0 bridgehead atoms. The molecule has 1 aromatic rings. The molecular weight excluding hydrogens is 240 g/mol. The average Bonchev–Trinajstić information content (AvgIpc) is 2.75. The van der Waals surface area contributed by atoms with Crippen LogP contribution in [0.25, 0.3) is 5.57 Å². The molecule has 0 nitrogen and oxygen atoms in total. The molecule has 0 amide bonds. The minimum absolute atomic E-state index is 0.329. The van der Waals surface area contributed by atoms with Gasteiger partial charge in [-0.25, -0.2) is 0 Å². The molecule has 0 aromatic heterocycles. The Morgan fingerprint density at radius 1 is 0.900 bits per heavy atom. The summed E-state index contributed by atoms with van der Waals surface area (Å²) in [7, 11) is 0. The van der Waals surface area contributed by atoms with Gasteiger partial charge in [0.2, 0.25) is 0 Å². The van der Waals surface area contributed by atoms with Crippen molar-refractivity contribution in [2.45, 2.75) is 80.1 Å². The van der Waals surface area contributed by atoms with Crippen molar-refractivity contribution in [3.05, 3.63) is 41.0 Å². The molecule has 0 spiro atoms. The van der Waals surface area contributed by atoms with Crippen LogP contribution in [-0.4, -0.2) is 0 Å². The molecule has 0 N–H and O–H groups in total. The maximum Gasteiger partial charge on any atom is 0.0168 e. The second-order valence-electron chi connectivity index (χ2n) is 4.98. The van der Waals surface area contributed by atoms with Crippen molar-refractivity contribution in [2.75, 3.05) is 0 Å². The van der Waals surface area contributed by atoms with Crippen LogP contribution < -0.4 is 0 Å². The quantitative estimate of drug-likeness (QED) is 0.557. The van der Waals surface area contributed by atoms with E-state index in [-0.39, 0.29) is 0 Å². The van der Waals surface area contributed by atoms with E-state index in [2.05, 4.69) is 52.0 Å². The fourth-order valence-corrected chi connectivity index (χ4v) is 3.37. The molecule has 114 valence electrons. The highest BCUT2D eigenvalue weighted by molar-refractivity contribution is 5.78. The summed E-state index contributed by atoms with van der Waals surface area (Å²) >= 11 is 0. The summed E-state index contributed by atoms with van der Waals surface area (Å²) in [5.41, 5.74) is 6.48. The molecule has 20 heavy (non-hydrogen) atoms. The lowest BCUT2D eigenvalue weighted by molar-refractivity contribution is 0.449. The lowest BCUT2D eigenvalue weighted by Gasteiger charge is -2.31. The molecule has 0 heteroatoms. The van der Waals surface area contributed by atoms with Gasteiger partial charge in [0.25, 0.3) is 0 Å². The molecule has 1 unspecified atom stereocenters. The number of hydrogen-bond donors (Lipinski definition) is 0. The topological polar surface area (TPSA) is 0 Å². The first-order chi connectivity index (χ1) is 9.67. The standard InChI is InChI=1S/C16H22.2C2H6/c1-5-11-16(6-2)13(4)12(3)14-9-7-8-10-15(14)16;2*1-2/h7-10H,5-6,11H2,1-4H3;2*1-2H3. The Hall–Kier alpha value is -1.04. The highest BCUT2D eigenvalue weighted by Gasteiger charge is 2.38. The largest absolute Gasteiger partial charge is 0.0683 e. The molecule has 2 rings (SSSR count). The summed E-state index contributed by atoms with van der Waals surface area (Å²) in [4.78, 5) is 0. The van der Waals surface area contributed by atoms with Gasteiger partial charge < -0.3 is 0 Å². The Kier molecular flexibility index (Phi) is 8.53. The van der Waals surface area contributed by atoms with Gasteiger partial charge in [-0.1, -0.05) is 77.8 Å². The van der Waals surface area contributed by atoms with Crippen molar-refractivity contribution in [3.63, 3.8) is 0 Å². The van der Waals surface area contributed by atoms with Gasteiger partial charge in [-0.05, 0) is 43.4 Å². The number of hydrogen-bond acceptors (Lipinski definition) is 0. The van der Waals surface area contributed by atoms with Crippen molar-refractivity contribution in [1.29, 1.82) is 0 Å². The fourth-order valence-electron chi connectivity index (χ4n) is 3.37. The lowest BCUT2D eigenvalue weighted by Crippen LogP contribution is -2.24. The van der Waals surface area contributed by atoms with Crippen LogP contribution in [0.15, 0.2) is 29.8 Å². The highest BCUT2D eigenvalue weighted by Crippen LogP contribution is 2.50. The molecule has 0 heterocycles. The fraction of sp³-hybridized carbons (Fsp3) is 0.600. The smallest absolute Gasteiger partial charge is 0.0168 e. The van der Waals surface area contributed by atoms with Gasteiger partial charge in [0.05, 0.1) is 0 Å². The molecule has 0 saturated carbocycles. The zero-order valence-electron chi connectivity index (χ0n) is 14.9. The number of rotatable bonds is 3. The predicted octanol–water partition coefficient (Wildman–Crippen LogP) is 6.99. The van der Waals surface area contributed by atoms with Crippen molar-refractivity contribution in [3.8, 4) is 0 Å². The van der Waals surface area contributed by atoms with Crippen LogP contribution in [-0.2, 0) is 5.41 Å². The first kappa shape index (κ1) is 19.0. The Morgan fingerprint density at radius 2 is 1.45 bits per heavy atom. The molecule has 1 atom stereocenters. The van der Waals surface area contributed by atoms with Crippen molar-refractivity contribution in [2.24, 2.45) is 0 Å². The van der Waals surface area contributed by atoms with E-state index in [9.17, 15) is 0 Å². The Labute approximate surface area is 127 Å². The van der Waals surface area contributed by atoms with Gasteiger partial charge >= 0.3 is 0 Å². The first-order valence-electron chi connectivity index (χ1n) is 8.45. The summed E-state index contributed by atoms with van der Waals surface area (Å²) in [6, 6.07) is 8.95. The summed E-state index contributed by atoms with van der Waals surface area (Å²) in [6.07, 6.45) is 3.76. The van der Waals surface area contributed by atoms with Crippen LogP contribution in [0.4, 0.5) is 0 Å². The molecule has 1 aliphatic carbocycles. The number of benzene rings is 1. The number of allylic oxidation sites excluding steroid dienone is 2. The van der Waals surface area contributed by atoms with E-state index in [1.807, 2.05) is 27.7 Å². The third-order valence-electron chi connectivity index (χ3n) is 4.41. The lowest BCUT2D eigenvalue weighted by atomic mass is 9.72. The van der Waals surface area contributed by atoms with E-state index in [1.54, 1.807) is 11.1 Å². The third-order valence-corrected chi connectivity index (χ3v) is 4.41. The third kappa shape index (κ3) is 3.16. The van der Waals surface area contributed by atoms with Crippen molar-refractivity contribution in [1.82, 2.24) is 0 Å². The van der Waals surface area contributed by atoms with Gasteiger partial charge in [0.1, 0.15) is 0 Å². The van der Waals surface area contributed by atoms with Crippen LogP contribution >= 0.6 is 0 Å². The average molecular weight is 274 g/mol. The normalized spacial score (nSPS) is 19.6. The van der Waals surface area contributed by atoms with E-state index < -0.39 is 0 Å². The molecule has 1 aliphatic rings. The summed E-state index contributed by atoms with van der Waals surface area (Å²) < 4.78 is 0. The van der Waals surface area contributed by atoms with Crippen LogP contribution in [0, 0.1) is 0 Å². The Bertz CT molecular complexity index is 425. The molecule has 0 fully saturated rings. The minimum Gasteiger partial charge on any atom is -0.0683 e. The van der Waals surface area contributed by atoms with Crippen LogP contribution in [0.3, 0.4) is 0 Å².